The van der Waals surface area contributed by atoms with Crippen LogP contribution < -0.4 is 4.74 Å². The molecule has 0 aliphatic rings. The van der Waals surface area contributed by atoms with Crippen LogP contribution in [0.3, 0.4) is 0 Å². The van der Waals surface area contributed by atoms with E-state index < -0.39 is 0 Å². The Labute approximate surface area is 189 Å². The summed E-state index contributed by atoms with van der Waals surface area (Å²) in [5.41, 5.74) is 5.42. The average Bonchev–Trinajstić information content (AvgIpc) is 3.06. The summed E-state index contributed by atoms with van der Waals surface area (Å²) in [6.07, 6.45) is 0. The van der Waals surface area contributed by atoms with Gasteiger partial charge < -0.3 is 24.4 Å². The molecular weight excluding hydrogens is 400 g/mol. The molecule has 0 unspecified atom stereocenters. The number of hydrogen-bond donors (Lipinski definition) is 2. The molecule has 32 heavy (non-hydrogen) atoms. The number of aromatic nitrogens is 1. The maximum Gasteiger partial charge on any atom is 0.119 e. The van der Waals surface area contributed by atoms with Crippen molar-refractivity contribution in [3.63, 3.8) is 0 Å². The summed E-state index contributed by atoms with van der Waals surface area (Å²) in [6.45, 7) is 7.47. The van der Waals surface area contributed by atoms with Gasteiger partial charge in [0, 0.05) is 24.0 Å². The van der Waals surface area contributed by atoms with Crippen LogP contribution in [-0.2, 0) is 6.54 Å². The van der Waals surface area contributed by atoms with Crippen LogP contribution in [-0.4, -0.2) is 46.4 Å². The number of benzene rings is 3. The molecule has 166 valence electrons. The van der Waals surface area contributed by atoms with Crippen LogP contribution in [0, 0.1) is 6.92 Å². The molecule has 0 fully saturated rings. The van der Waals surface area contributed by atoms with Crippen molar-refractivity contribution in [1.82, 2.24) is 9.47 Å². The molecule has 0 aliphatic carbocycles. The van der Waals surface area contributed by atoms with Gasteiger partial charge in [-0.05, 0) is 91.8 Å². The summed E-state index contributed by atoms with van der Waals surface area (Å²) in [5.74, 6) is 1.37. The molecule has 0 radical (unpaired) electrons. The molecule has 5 heteroatoms. The number of phenols is 2. The normalized spacial score (nSPS) is 11.4. The fourth-order valence-corrected chi connectivity index (χ4v) is 4.02. The fraction of sp³-hybridized carbons (Fsp3) is 0.259. The van der Waals surface area contributed by atoms with E-state index in [2.05, 4.69) is 42.5 Å². The zero-order valence-corrected chi connectivity index (χ0v) is 18.9. The lowest BCUT2D eigenvalue weighted by Crippen LogP contribution is -2.23. The van der Waals surface area contributed by atoms with E-state index in [4.69, 9.17) is 4.74 Å². The van der Waals surface area contributed by atoms with E-state index in [1.165, 1.54) is 0 Å². The molecule has 1 aromatic heterocycles. The largest absolute Gasteiger partial charge is 0.508 e. The summed E-state index contributed by atoms with van der Waals surface area (Å²) in [6, 6.07) is 21.0. The minimum Gasteiger partial charge on any atom is -0.508 e. The maximum absolute atomic E-state index is 10.0. The Kier molecular flexibility index (Phi) is 6.37. The minimum absolute atomic E-state index is 0.243. The number of fused-ring (bicyclic) bond motifs is 1. The second-order valence-corrected chi connectivity index (χ2v) is 8.20. The van der Waals surface area contributed by atoms with Gasteiger partial charge >= 0.3 is 0 Å². The monoisotopic (exact) mass is 430 g/mol. The third kappa shape index (κ3) is 4.58. The lowest BCUT2D eigenvalue weighted by molar-refractivity contribution is 0.244. The van der Waals surface area contributed by atoms with Crippen LogP contribution in [0.5, 0.6) is 17.2 Å². The first kappa shape index (κ1) is 21.8. The Morgan fingerprint density at radius 3 is 2.28 bits per heavy atom. The Bertz CT molecular complexity index is 1190. The van der Waals surface area contributed by atoms with E-state index in [0.717, 1.165) is 52.1 Å². The predicted octanol–water partition coefficient (Wildman–Crippen LogP) is 5.41. The van der Waals surface area contributed by atoms with Gasteiger partial charge in [0.05, 0.1) is 5.69 Å². The number of hydrogen-bond acceptors (Lipinski definition) is 4. The molecule has 0 bridgehead atoms. The first-order chi connectivity index (χ1) is 15.5. The van der Waals surface area contributed by atoms with Crippen molar-refractivity contribution in [2.75, 3.05) is 26.7 Å². The van der Waals surface area contributed by atoms with Crippen LogP contribution in [0.15, 0.2) is 66.7 Å². The zero-order valence-electron chi connectivity index (χ0n) is 18.9. The number of phenolic OH excluding ortho intramolecular Hbond substituents is 2. The number of nitrogens with zero attached hydrogens (tertiary/aromatic N) is 2. The second-order valence-electron chi connectivity index (χ2n) is 8.20. The smallest absolute Gasteiger partial charge is 0.119 e. The molecule has 0 saturated heterocycles. The lowest BCUT2D eigenvalue weighted by atomic mass is 10.1. The molecule has 0 spiro atoms. The maximum atomic E-state index is 10.0. The molecule has 2 N–H and O–H groups in total. The highest BCUT2D eigenvalue weighted by Crippen LogP contribution is 2.36. The minimum atomic E-state index is 0.243. The van der Waals surface area contributed by atoms with Crippen LogP contribution >= 0.6 is 0 Å². The number of aromatic hydroxyl groups is 2. The fourth-order valence-electron chi connectivity index (χ4n) is 4.02. The van der Waals surface area contributed by atoms with Gasteiger partial charge in [0.2, 0.25) is 0 Å². The topological polar surface area (TPSA) is 57.9 Å². The van der Waals surface area contributed by atoms with E-state index in [1.807, 2.05) is 36.4 Å². The number of ether oxygens (including phenoxy) is 1. The van der Waals surface area contributed by atoms with Gasteiger partial charge in [0.25, 0.3) is 0 Å². The van der Waals surface area contributed by atoms with Gasteiger partial charge in [-0.3, -0.25) is 0 Å². The van der Waals surface area contributed by atoms with Crippen molar-refractivity contribution in [2.24, 2.45) is 0 Å². The third-order valence-electron chi connectivity index (χ3n) is 5.99. The van der Waals surface area contributed by atoms with E-state index in [-0.39, 0.29) is 11.5 Å². The van der Waals surface area contributed by atoms with Crippen LogP contribution in [0.2, 0.25) is 0 Å². The van der Waals surface area contributed by atoms with E-state index in [9.17, 15) is 10.2 Å². The lowest BCUT2D eigenvalue weighted by Gasteiger charge is -2.15. The van der Waals surface area contributed by atoms with Gasteiger partial charge in [-0.2, -0.15) is 0 Å². The molecule has 0 atom stereocenters. The number of likely N-dealkylation sites (N-methyl/N-ethyl adjacent to an activating group) is 1. The van der Waals surface area contributed by atoms with Crippen LogP contribution in [0.25, 0.3) is 22.2 Å². The zero-order chi connectivity index (χ0) is 22.7. The van der Waals surface area contributed by atoms with Gasteiger partial charge in [-0.25, -0.2) is 0 Å². The van der Waals surface area contributed by atoms with Crippen molar-refractivity contribution >= 4 is 10.9 Å². The molecule has 4 rings (SSSR count). The van der Waals surface area contributed by atoms with E-state index >= 15 is 0 Å². The predicted molar refractivity (Wildman–Crippen MR) is 130 cm³/mol. The second kappa shape index (κ2) is 9.37. The van der Waals surface area contributed by atoms with Crippen LogP contribution in [0.4, 0.5) is 0 Å². The van der Waals surface area contributed by atoms with Gasteiger partial charge in [-0.15, -0.1) is 0 Å². The van der Waals surface area contributed by atoms with Crippen molar-refractivity contribution in [3.05, 3.63) is 77.9 Å². The van der Waals surface area contributed by atoms with E-state index in [1.54, 1.807) is 18.2 Å². The van der Waals surface area contributed by atoms with Gasteiger partial charge in [0.15, 0.2) is 0 Å². The standard InChI is InChI=1S/C27H30N2O3/c1-4-28(3)15-16-32-24-12-5-20(6-13-24)18-29-26-14-11-23(31)17-25(26)19(2)27(29)21-7-9-22(30)10-8-21/h5-14,17,30-31H,4,15-16,18H2,1-3H3. The van der Waals surface area contributed by atoms with Gasteiger partial charge in [0.1, 0.15) is 23.9 Å². The number of rotatable bonds is 8. The molecule has 3 aromatic carbocycles. The van der Waals surface area contributed by atoms with Crippen molar-refractivity contribution in [3.8, 4) is 28.5 Å². The highest BCUT2D eigenvalue weighted by molar-refractivity contribution is 5.92. The summed E-state index contributed by atoms with van der Waals surface area (Å²) >= 11 is 0. The average molecular weight is 431 g/mol. The summed E-state index contributed by atoms with van der Waals surface area (Å²) in [7, 11) is 2.08. The first-order valence-electron chi connectivity index (χ1n) is 11.0. The SMILES string of the molecule is CCN(C)CCOc1ccc(Cn2c(-c3ccc(O)cc3)c(C)c3cc(O)ccc32)cc1. The summed E-state index contributed by atoms with van der Waals surface area (Å²) < 4.78 is 8.14. The Morgan fingerprint density at radius 1 is 0.906 bits per heavy atom. The Hall–Kier alpha value is -3.44. The summed E-state index contributed by atoms with van der Waals surface area (Å²) in [4.78, 5) is 2.22. The molecular formula is C27H30N2O3. The first-order valence-corrected chi connectivity index (χ1v) is 11.0. The highest BCUT2D eigenvalue weighted by atomic mass is 16.5. The molecule has 0 aliphatic heterocycles. The summed E-state index contributed by atoms with van der Waals surface area (Å²) in [5, 5.41) is 20.8. The Balaban J connectivity index is 1.65. The molecule has 5 nitrogen and oxygen atoms in total. The molecule has 0 amide bonds. The van der Waals surface area contributed by atoms with Crippen molar-refractivity contribution in [1.29, 1.82) is 0 Å². The third-order valence-corrected chi connectivity index (χ3v) is 5.99. The molecule has 4 aromatic rings. The van der Waals surface area contributed by atoms with Gasteiger partial charge in [-0.1, -0.05) is 19.1 Å². The van der Waals surface area contributed by atoms with Crippen molar-refractivity contribution in [2.45, 2.75) is 20.4 Å². The number of aryl methyl sites for hydroxylation is 1. The van der Waals surface area contributed by atoms with E-state index in [0.29, 0.717) is 13.2 Å². The quantitative estimate of drug-likeness (QED) is 0.393. The Morgan fingerprint density at radius 2 is 1.59 bits per heavy atom. The van der Waals surface area contributed by atoms with Crippen LogP contribution in [0.1, 0.15) is 18.1 Å². The molecule has 0 saturated carbocycles. The van der Waals surface area contributed by atoms with Crippen molar-refractivity contribution < 1.29 is 14.9 Å². The molecule has 1 heterocycles. The highest BCUT2D eigenvalue weighted by Gasteiger charge is 2.17.